The van der Waals surface area contributed by atoms with Crippen molar-refractivity contribution >= 4 is 0 Å². The molecule has 1 rings (SSSR count). The van der Waals surface area contributed by atoms with Crippen LogP contribution in [-0.4, -0.2) is 13.1 Å². The first kappa shape index (κ1) is 4.85. The largest absolute Gasteiger partial charge is 0.316 e. The van der Waals surface area contributed by atoms with Gasteiger partial charge in [0.1, 0.15) is 0 Å². The summed E-state index contributed by atoms with van der Waals surface area (Å²) in [5.74, 6) is 0. The lowest BCUT2D eigenvalue weighted by atomic mass is 10.1. The van der Waals surface area contributed by atoms with Crippen molar-refractivity contribution in [2.24, 2.45) is 0 Å². The summed E-state index contributed by atoms with van der Waals surface area (Å²) in [6, 6.07) is 0. The molecule has 1 saturated heterocycles. The molecular formula is C6H12N. The van der Waals surface area contributed by atoms with Gasteiger partial charge in [0.25, 0.3) is 0 Å². The van der Waals surface area contributed by atoms with E-state index in [1.54, 1.807) is 0 Å². The van der Waals surface area contributed by atoms with Crippen LogP contribution in [-0.2, 0) is 0 Å². The number of piperidine rings is 1. The van der Waals surface area contributed by atoms with Crippen LogP contribution in [0.1, 0.15) is 14.3 Å². The van der Waals surface area contributed by atoms with Crippen molar-refractivity contribution in [3.63, 3.8) is 0 Å². The maximum absolute atomic E-state index is 3.87. The average Bonchev–Trinajstić information content (AvgIpc) is 1.69. The van der Waals surface area contributed by atoms with E-state index in [1.807, 2.05) is 0 Å². The highest BCUT2D eigenvalue weighted by molar-refractivity contribution is 4.97. The van der Waals surface area contributed by atoms with Gasteiger partial charge in [0.2, 0.25) is 0 Å². The zero-order valence-electron chi connectivity index (χ0n) is 5.54. The fourth-order valence-corrected chi connectivity index (χ4v) is 0.780. The van der Waals surface area contributed by atoms with Crippen LogP contribution in [0.25, 0.3) is 0 Å². The van der Waals surface area contributed by atoms with Gasteiger partial charge in [0.05, 0.1) is 0 Å². The smallest absolute Gasteiger partial charge is 0 e. The lowest BCUT2D eigenvalue weighted by Gasteiger charge is -2.12. The molecule has 1 aliphatic heterocycles. The molecule has 41 valence electrons. The Kier molecular flexibility index (Phi) is 1.47. The molecule has 1 heteroatoms. The van der Waals surface area contributed by atoms with Crippen molar-refractivity contribution in [1.29, 1.82) is 0 Å². The normalized spacial score (nSPS) is 22.6. The first-order chi connectivity index (χ1) is 3.39. The van der Waals surface area contributed by atoms with Gasteiger partial charge in [0, 0.05) is 1.43 Å². The van der Waals surface area contributed by atoms with Gasteiger partial charge in [-0.3, -0.25) is 0 Å². The van der Waals surface area contributed by atoms with Crippen LogP contribution >= 0.6 is 0 Å². The van der Waals surface area contributed by atoms with E-state index < -0.39 is 0 Å². The van der Waals surface area contributed by atoms with Crippen LogP contribution in [0.5, 0.6) is 0 Å². The highest BCUT2D eigenvalue weighted by Crippen LogP contribution is 2.04. The van der Waals surface area contributed by atoms with E-state index in [4.69, 9.17) is 0 Å². The number of hydrogen-bond donors (Lipinski definition) is 1. The predicted octanol–water partition coefficient (Wildman–Crippen LogP) is 1.04. The highest BCUT2D eigenvalue weighted by Gasteiger charge is 1.98. The summed E-state index contributed by atoms with van der Waals surface area (Å²) < 4.78 is 0. The number of hydrogen-bond acceptors (Lipinski definition) is 1. The number of nitrogens with one attached hydrogen (secondary N) is 1. The summed E-state index contributed by atoms with van der Waals surface area (Å²) >= 11 is 0. The molecule has 0 aromatic rings. The Morgan fingerprint density at radius 2 is 2.00 bits per heavy atom. The molecule has 0 spiro atoms. The van der Waals surface area contributed by atoms with Gasteiger partial charge in [-0.1, -0.05) is 12.2 Å². The highest BCUT2D eigenvalue weighted by atomic mass is 14.9. The molecule has 7 heavy (non-hydrogen) atoms. The second kappa shape index (κ2) is 2.12. The molecule has 0 aromatic heterocycles. The second-order valence-corrected chi connectivity index (χ2v) is 2.00. The fourth-order valence-electron chi connectivity index (χ4n) is 0.780. The zero-order chi connectivity index (χ0) is 5.11. The second-order valence-electron chi connectivity index (χ2n) is 2.00. The van der Waals surface area contributed by atoms with Gasteiger partial charge in [-0.25, -0.2) is 0 Å². The third kappa shape index (κ3) is 1.32. The maximum Gasteiger partial charge on any atom is 0 e. The Morgan fingerprint density at radius 3 is 2.29 bits per heavy atom. The molecule has 0 unspecified atom stereocenters. The molecule has 1 aliphatic rings. The van der Waals surface area contributed by atoms with Gasteiger partial charge < -0.3 is 5.32 Å². The summed E-state index contributed by atoms with van der Waals surface area (Å²) in [6.45, 7) is 6.15. The molecular weight excluding hydrogens is 86.1 g/mol. The predicted molar refractivity (Wildman–Crippen MR) is 32.4 cm³/mol. The Morgan fingerprint density at radius 1 is 1.43 bits per heavy atom. The first-order valence-corrected chi connectivity index (χ1v) is 2.77. The molecule has 1 radical (unpaired) electrons. The molecule has 1 N–H and O–H groups in total. The average molecular weight is 98.2 g/mol. The standard InChI is InChI=1S/C6H11N.H/c1-6-2-4-7-5-3-6;/h7H,1-5H2;. The van der Waals surface area contributed by atoms with E-state index in [1.165, 1.54) is 18.4 Å². The van der Waals surface area contributed by atoms with Crippen molar-refractivity contribution in [1.82, 2.24) is 5.32 Å². The Bertz CT molecular complexity index is 72.6. The van der Waals surface area contributed by atoms with E-state index in [-0.39, 0.29) is 1.43 Å². The minimum absolute atomic E-state index is 0. The van der Waals surface area contributed by atoms with Crippen LogP contribution in [0.15, 0.2) is 12.2 Å². The Labute approximate surface area is 45.9 Å². The van der Waals surface area contributed by atoms with E-state index >= 15 is 0 Å². The third-order valence-corrected chi connectivity index (χ3v) is 1.31. The van der Waals surface area contributed by atoms with Gasteiger partial charge in [-0.2, -0.15) is 0 Å². The van der Waals surface area contributed by atoms with Crippen LogP contribution < -0.4 is 5.32 Å². The van der Waals surface area contributed by atoms with Crippen molar-refractivity contribution in [2.75, 3.05) is 13.1 Å². The van der Waals surface area contributed by atoms with Crippen molar-refractivity contribution in [3.8, 4) is 0 Å². The van der Waals surface area contributed by atoms with Gasteiger partial charge >= 0.3 is 0 Å². The van der Waals surface area contributed by atoms with Crippen LogP contribution in [0.4, 0.5) is 0 Å². The van der Waals surface area contributed by atoms with E-state index in [0.717, 1.165) is 13.1 Å². The Balaban J connectivity index is 0.000000490. The summed E-state index contributed by atoms with van der Waals surface area (Å²) in [4.78, 5) is 0. The molecule has 1 heterocycles. The Hall–Kier alpha value is -0.300. The molecule has 0 bridgehead atoms. The zero-order valence-corrected chi connectivity index (χ0v) is 4.54. The van der Waals surface area contributed by atoms with Crippen molar-refractivity contribution in [3.05, 3.63) is 12.2 Å². The van der Waals surface area contributed by atoms with Crippen LogP contribution in [0.3, 0.4) is 0 Å². The van der Waals surface area contributed by atoms with Gasteiger partial charge in [0.15, 0.2) is 0 Å². The van der Waals surface area contributed by atoms with Crippen LogP contribution in [0.2, 0.25) is 0 Å². The van der Waals surface area contributed by atoms with E-state index in [9.17, 15) is 0 Å². The SMILES string of the molecule is C=C1CCNCC1.[H]. The van der Waals surface area contributed by atoms with Gasteiger partial charge in [-0.15, -0.1) is 0 Å². The minimum Gasteiger partial charge on any atom is -0.316 e. The lowest BCUT2D eigenvalue weighted by Crippen LogP contribution is -2.22. The van der Waals surface area contributed by atoms with Crippen LogP contribution in [0, 0.1) is 0 Å². The summed E-state index contributed by atoms with van der Waals surface area (Å²) in [6.07, 6.45) is 2.36. The molecule has 1 fully saturated rings. The third-order valence-electron chi connectivity index (χ3n) is 1.31. The molecule has 1 nitrogen and oxygen atoms in total. The molecule has 0 amide bonds. The number of rotatable bonds is 0. The summed E-state index contributed by atoms with van der Waals surface area (Å²) in [5.41, 5.74) is 1.40. The summed E-state index contributed by atoms with van der Waals surface area (Å²) in [7, 11) is 0. The lowest BCUT2D eigenvalue weighted by molar-refractivity contribution is 0.612. The van der Waals surface area contributed by atoms with E-state index in [2.05, 4.69) is 11.9 Å². The molecule has 0 aliphatic carbocycles. The summed E-state index contributed by atoms with van der Waals surface area (Å²) in [5, 5.41) is 3.25. The van der Waals surface area contributed by atoms with Crippen molar-refractivity contribution in [2.45, 2.75) is 12.8 Å². The monoisotopic (exact) mass is 98.1 g/mol. The quantitative estimate of drug-likeness (QED) is 0.446. The molecule has 0 atom stereocenters. The topological polar surface area (TPSA) is 12.0 Å². The minimum atomic E-state index is 0. The molecule has 0 aromatic carbocycles. The van der Waals surface area contributed by atoms with E-state index in [0.29, 0.717) is 0 Å². The van der Waals surface area contributed by atoms with Gasteiger partial charge in [-0.05, 0) is 25.9 Å². The molecule has 0 saturated carbocycles. The first-order valence-electron chi connectivity index (χ1n) is 2.77. The van der Waals surface area contributed by atoms with Crippen molar-refractivity contribution < 1.29 is 1.43 Å². The fraction of sp³-hybridized carbons (Fsp3) is 0.667. The maximum atomic E-state index is 3.87.